The number of β-lactam (4-membered cyclic amide) rings is 1. The quantitative estimate of drug-likeness (QED) is 0.380. The van der Waals surface area contributed by atoms with E-state index < -0.39 is 18.0 Å². The zero-order valence-corrected chi connectivity index (χ0v) is 18.9. The highest BCUT2D eigenvalue weighted by Gasteiger charge is 2.60. The summed E-state index contributed by atoms with van der Waals surface area (Å²) < 4.78 is 5.64. The Balaban J connectivity index is 0.00000300. The molecule has 0 aromatic heterocycles. The average Bonchev–Trinajstić information content (AvgIpc) is 3.18. The van der Waals surface area contributed by atoms with Crippen LogP contribution in [0.15, 0.2) is 10.6 Å². The summed E-state index contributed by atoms with van der Waals surface area (Å²) in [5.41, 5.74) is 0.103. The average molecular weight is 450 g/mol. The van der Waals surface area contributed by atoms with E-state index in [0.29, 0.717) is 0 Å². The van der Waals surface area contributed by atoms with Gasteiger partial charge in [-0.15, -0.1) is 24.2 Å². The monoisotopic (exact) mass is 449 g/mol. The normalized spacial score (nSPS) is 33.2. The van der Waals surface area contributed by atoms with Crippen LogP contribution >= 0.6 is 24.2 Å². The third-order valence-corrected chi connectivity index (χ3v) is 7.67. The highest BCUT2D eigenvalue weighted by Crippen LogP contribution is 2.51. The van der Waals surface area contributed by atoms with Gasteiger partial charge < -0.3 is 30.5 Å². The lowest BCUT2D eigenvalue weighted by Gasteiger charge is -2.46. The van der Waals surface area contributed by atoms with Crippen molar-refractivity contribution in [3.63, 3.8) is 0 Å². The fraction of sp³-hybridized carbons (Fsp3) is 0.789. The number of hydrogen-bond acceptors (Lipinski definition) is 7. The van der Waals surface area contributed by atoms with Crippen LogP contribution in [0.25, 0.3) is 0 Å². The lowest BCUT2D eigenvalue weighted by atomic mass is 9.79. The molecular formula is C19H32ClN3O5S. The maximum absolute atomic E-state index is 12.4. The third kappa shape index (κ3) is 4.45. The van der Waals surface area contributed by atoms with E-state index in [1.807, 2.05) is 14.0 Å². The minimum Gasteiger partial charge on any atom is -0.477 e. The Morgan fingerprint density at radius 2 is 2.17 bits per heavy atom. The lowest BCUT2D eigenvalue weighted by molar-refractivity contribution is -0.163. The molecule has 3 aliphatic heterocycles. The summed E-state index contributed by atoms with van der Waals surface area (Å²) in [6, 6.07) is -0.0288. The number of fused-ring (bicyclic) bond motifs is 1. The Bertz CT molecular complexity index is 662. The second-order valence-electron chi connectivity index (χ2n) is 7.93. The molecule has 0 aliphatic carbocycles. The first-order chi connectivity index (χ1) is 13.3. The number of carboxylic acid groups (broad SMARTS) is 1. The van der Waals surface area contributed by atoms with Gasteiger partial charge in [0.2, 0.25) is 5.91 Å². The summed E-state index contributed by atoms with van der Waals surface area (Å²) in [5, 5.41) is 26.6. The van der Waals surface area contributed by atoms with Crippen molar-refractivity contribution in [3.05, 3.63) is 10.6 Å². The standard InChI is InChI=1S/C19H31N3O5S.ClH/c1-9-15-14(10(2)23)18(24)22(15)16(19(25)26)17(9)28-11-7-12(21-8-11)13(27-4)5-6-20-3;/h9-15,20-21,23H,5-8H2,1-4H3,(H,25,26);1H/t9-,10-,11+,12+,13-,14-,15-;/m1./s1. The van der Waals surface area contributed by atoms with Gasteiger partial charge in [-0.25, -0.2) is 4.79 Å². The Kier molecular flexibility index (Phi) is 8.41. The number of ether oxygens (including phenoxy) is 1. The predicted octanol–water partition coefficient (Wildman–Crippen LogP) is 0.650. The fourth-order valence-electron chi connectivity index (χ4n) is 4.73. The molecule has 0 saturated carbocycles. The topological polar surface area (TPSA) is 111 Å². The molecule has 2 fully saturated rings. The van der Waals surface area contributed by atoms with Crippen LogP contribution in [0.1, 0.15) is 26.7 Å². The van der Waals surface area contributed by atoms with Crippen molar-refractivity contribution in [2.24, 2.45) is 11.8 Å². The molecular weight excluding hydrogens is 418 g/mol. The number of nitrogens with one attached hydrogen (secondary N) is 2. The maximum atomic E-state index is 12.4. The summed E-state index contributed by atoms with van der Waals surface area (Å²) >= 11 is 1.57. The van der Waals surface area contributed by atoms with Gasteiger partial charge in [-0.05, 0) is 33.4 Å². The maximum Gasteiger partial charge on any atom is 0.353 e. The van der Waals surface area contributed by atoms with E-state index in [2.05, 4.69) is 10.6 Å². The van der Waals surface area contributed by atoms with E-state index in [-0.39, 0.29) is 53.4 Å². The van der Waals surface area contributed by atoms with Gasteiger partial charge in [0.05, 0.1) is 24.2 Å². The number of carbonyl (C=O) groups excluding carboxylic acids is 1. The minimum atomic E-state index is -1.07. The molecule has 1 amide bonds. The molecule has 166 valence electrons. The number of carboxylic acids is 1. The SMILES string of the molecule is CNCC[C@@H](OC)[C@@H]1C[C@H](SC2=C(C(=O)O)N3C(=O)[C@H]([C@@H](C)O)[C@H]3[C@H]2C)CN1.Cl. The summed E-state index contributed by atoms with van der Waals surface area (Å²) in [4.78, 5) is 26.5. The number of aliphatic hydroxyl groups excluding tert-OH is 1. The van der Waals surface area contributed by atoms with Crippen LogP contribution < -0.4 is 10.6 Å². The summed E-state index contributed by atoms with van der Waals surface area (Å²) in [5.74, 6) is -1.96. The molecule has 0 radical (unpaired) electrons. The number of thioether (sulfide) groups is 1. The van der Waals surface area contributed by atoms with Gasteiger partial charge in [0, 0.05) is 35.8 Å². The van der Waals surface area contributed by atoms with Crippen LogP contribution in [0.4, 0.5) is 0 Å². The highest BCUT2D eigenvalue weighted by molar-refractivity contribution is 8.03. The zero-order chi connectivity index (χ0) is 20.6. The third-order valence-electron chi connectivity index (χ3n) is 6.16. The molecule has 0 spiro atoms. The molecule has 0 unspecified atom stereocenters. The number of aliphatic hydroxyl groups is 1. The molecule has 7 atom stereocenters. The van der Waals surface area contributed by atoms with Crippen LogP contribution in [0.3, 0.4) is 0 Å². The zero-order valence-electron chi connectivity index (χ0n) is 17.3. The van der Waals surface area contributed by atoms with Gasteiger partial charge in [0.25, 0.3) is 0 Å². The molecule has 3 aliphatic rings. The molecule has 10 heteroatoms. The first-order valence-electron chi connectivity index (χ1n) is 9.87. The Morgan fingerprint density at radius 3 is 2.72 bits per heavy atom. The van der Waals surface area contributed by atoms with Gasteiger partial charge in [-0.2, -0.15) is 0 Å². The van der Waals surface area contributed by atoms with Crippen LogP contribution in [-0.2, 0) is 14.3 Å². The van der Waals surface area contributed by atoms with Gasteiger partial charge in [-0.1, -0.05) is 6.92 Å². The molecule has 29 heavy (non-hydrogen) atoms. The molecule has 8 nitrogen and oxygen atoms in total. The molecule has 4 N–H and O–H groups in total. The van der Waals surface area contributed by atoms with E-state index >= 15 is 0 Å². The molecule has 3 heterocycles. The van der Waals surface area contributed by atoms with Crippen LogP contribution in [0.2, 0.25) is 0 Å². The number of methoxy groups -OCH3 is 1. The predicted molar refractivity (Wildman–Crippen MR) is 114 cm³/mol. The number of nitrogens with zero attached hydrogens (tertiary/aromatic N) is 1. The van der Waals surface area contributed by atoms with Crippen molar-refractivity contribution in [1.29, 1.82) is 0 Å². The van der Waals surface area contributed by atoms with Gasteiger partial charge >= 0.3 is 5.97 Å². The fourth-order valence-corrected chi connectivity index (χ4v) is 6.23. The second kappa shape index (κ2) is 9.98. The molecule has 0 bridgehead atoms. The van der Waals surface area contributed by atoms with Crippen molar-refractivity contribution < 1.29 is 24.5 Å². The smallest absolute Gasteiger partial charge is 0.353 e. The van der Waals surface area contributed by atoms with Gasteiger partial charge in [-0.3, -0.25) is 4.79 Å². The van der Waals surface area contributed by atoms with Crippen molar-refractivity contribution in [1.82, 2.24) is 15.5 Å². The van der Waals surface area contributed by atoms with Crippen molar-refractivity contribution in [2.75, 3.05) is 27.2 Å². The van der Waals surface area contributed by atoms with Gasteiger partial charge in [0.1, 0.15) is 5.70 Å². The minimum absolute atomic E-state index is 0. The lowest BCUT2D eigenvalue weighted by Crippen LogP contribution is -2.63. The summed E-state index contributed by atoms with van der Waals surface area (Å²) in [7, 11) is 3.64. The number of hydrogen-bond donors (Lipinski definition) is 4. The summed E-state index contributed by atoms with van der Waals surface area (Å²) in [6.45, 7) is 5.21. The molecule has 0 aromatic rings. The Morgan fingerprint density at radius 1 is 1.48 bits per heavy atom. The number of halogens is 1. The molecule has 0 aromatic carbocycles. The van der Waals surface area contributed by atoms with Crippen molar-refractivity contribution >= 4 is 36.0 Å². The van der Waals surface area contributed by atoms with E-state index in [9.17, 15) is 19.8 Å². The van der Waals surface area contributed by atoms with Crippen LogP contribution in [-0.4, -0.2) is 83.8 Å². The van der Waals surface area contributed by atoms with E-state index in [1.165, 1.54) is 4.90 Å². The first-order valence-corrected chi connectivity index (χ1v) is 10.8. The summed E-state index contributed by atoms with van der Waals surface area (Å²) in [6.07, 6.45) is 1.12. The van der Waals surface area contributed by atoms with Gasteiger partial charge in [0.15, 0.2) is 0 Å². The Labute approximate surface area is 182 Å². The van der Waals surface area contributed by atoms with Crippen LogP contribution in [0, 0.1) is 11.8 Å². The largest absolute Gasteiger partial charge is 0.477 e. The Hall–Kier alpha value is -0.840. The number of carbonyl (C=O) groups is 2. The molecule has 2 saturated heterocycles. The highest BCUT2D eigenvalue weighted by atomic mass is 35.5. The van der Waals surface area contributed by atoms with Crippen molar-refractivity contribution in [3.8, 4) is 0 Å². The number of amides is 1. The van der Waals surface area contributed by atoms with Crippen molar-refractivity contribution in [2.45, 2.75) is 56.2 Å². The van der Waals surface area contributed by atoms with Crippen LogP contribution in [0.5, 0.6) is 0 Å². The van der Waals surface area contributed by atoms with E-state index in [4.69, 9.17) is 4.74 Å². The second-order valence-corrected chi connectivity index (χ2v) is 9.27. The first kappa shape index (κ1) is 24.4. The van der Waals surface area contributed by atoms with E-state index in [0.717, 1.165) is 30.8 Å². The number of rotatable bonds is 9. The molecule has 3 rings (SSSR count). The van der Waals surface area contributed by atoms with E-state index in [1.54, 1.807) is 25.8 Å². The number of aliphatic carboxylic acids is 1.